The van der Waals surface area contributed by atoms with Gasteiger partial charge in [0.15, 0.2) is 0 Å². The molecular formula is C16H13BrN2O2. The van der Waals surface area contributed by atoms with E-state index in [2.05, 4.69) is 21.2 Å². The van der Waals surface area contributed by atoms with Crippen molar-refractivity contribution in [2.24, 2.45) is 0 Å². The minimum absolute atomic E-state index is 0.177. The molecule has 3 rings (SSSR count). The quantitative estimate of drug-likeness (QED) is 0.851. The van der Waals surface area contributed by atoms with Crippen LogP contribution in [0.4, 0.5) is 16.2 Å². The number of carbonyl (C=O) groups excluding carboxylic acids is 2. The molecule has 4 nitrogen and oxygen atoms in total. The molecule has 1 aliphatic heterocycles. The van der Waals surface area contributed by atoms with Crippen LogP contribution in [0.15, 0.2) is 53.0 Å². The summed E-state index contributed by atoms with van der Waals surface area (Å²) >= 11 is 3.34. The molecule has 0 bridgehead atoms. The first-order valence-electron chi connectivity index (χ1n) is 6.62. The van der Waals surface area contributed by atoms with Crippen LogP contribution in [0, 0.1) is 0 Å². The number of amides is 3. The molecule has 0 fully saturated rings. The predicted octanol–water partition coefficient (Wildman–Crippen LogP) is 3.96. The van der Waals surface area contributed by atoms with Crippen LogP contribution >= 0.6 is 15.9 Å². The lowest BCUT2D eigenvalue weighted by Gasteiger charge is -2.27. The number of aryl methyl sites for hydroxylation is 1. The number of benzene rings is 2. The fourth-order valence-electron chi connectivity index (χ4n) is 2.36. The van der Waals surface area contributed by atoms with Crippen LogP contribution in [0.25, 0.3) is 0 Å². The van der Waals surface area contributed by atoms with Crippen LogP contribution in [-0.4, -0.2) is 11.9 Å². The second-order valence-electron chi connectivity index (χ2n) is 4.79. The van der Waals surface area contributed by atoms with Crippen LogP contribution in [0.1, 0.15) is 12.0 Å². The third-order valence-electron chi connectivity index (χ3n) is 3.39. The van der Waals surface area contributed by atoms with E-state index in [1.807, 2.05) is 30.3 Å². The van der Waals surface area contributed by atoms with E-state index in [9.17, 15) is 9.59 Å². The number of imide groups is 1. The van der Waals surface area contributed by atoms with Crippen molar-refractivity contribution in [3.8, 4) is 0 Å². The molecule has 1 heterocycles. The van der Waals surface area contributed by atoms with Crippen molar-refractivity contribution in [2.75, 3.05) is 10.2 Å². The summed E-state index contributed by atoms with van der Waals surface area (Å²) in [5.74, 6) is -0.177. The summed E-state index contributed by atoms with van der Waals surface area (Å²) in [6, 6.07) is 14.3. The molecule has 0 aliphatic carbocycles. The number of hydrogen-bond donors (Lipinski definition) is 1. The van der Waals surface area contributed by atoms with Gasteiger partial charge in [0.25, 0.3) is 0 Å². The fraction of sp³-hybridized carbons (Fsp3) is 0.125. The highest BCUT2D eigenvalue weighted by Gasteiger charge is 2.29. The second kappa shape index (κ2) is 5.69. The molecule has 0 radical (unpaired) electrons. The van der Waals surface area contributed by atoms with E-state index in [1.165, 1.54) is 4.90 Å². The van der Waals surface area contributed by atoms with E-state index in [0.717, 1.165) is 10.0 Å². The highest BCUT2D eigenvalue weighted by molar-refractivity contribution is 9.10. The highest BCUT2D eigenvalue weighted by Crippen LogP contribution is 2.28. The van der Waals surface area contributed by atoms with Crippen molar-refractivity contribution in [1.82, 2.24) is 0 Å². The zero-order chi connectivity index (χ0) is 14.8. The van der Waals surface area contributed by atoms with Crippen LogP contribution in [-0.2, 0) is 11.2 Å². The van der Waals surface area contributed by atoms with E-state index >= 15 is 0 Å². The lowest BCUT2D eigenvalue weighted by atomic mass is 10.0. The molecular weight excluding hydrogens is 332 g/mol. The zero-order valence-corrected chi connectivity index (χ0v) is 12.8. The Balaban J connectivity index is 1.87. The van der Waals surface area contributed by atoms with Gasteiger partial charge in [-0.3, -0.25) is 4.79 Å². The molecule has 1 aliphatic rings. The van der Waals surface area contributed by atoms with Gasteiger partial charge in [0.1, 0.15) is 0 Å². The Labute approximate surface area is 130 Å². The summed E-state index contributed by atoms with van der Waals surface area (Å²) in [5.41, 5.74) is 2.34. The smallest absolute Gasteiger partial charge is 0.307 e. The van der Waals surface area contributed by atoms with Gasteiger partial charge in [0.05, 0.1) is 5.69 Å². The number of halogens is 1. The van der Waals surface area contributed by atoms with E-state index in [4.69, 9.17) is 0 Å². The Kier molecular flexibility index (Phi) is 3.75. The van der Waals surface area contributed by atoms with Crippen LogP contribution in [0.3, 0.4) is 0 Å². The number of urea groups is 1. The topological polar surface area (TPSA) is 49.4 Å². The van der Waals surface area contributed by atoms with Crippen LogP contribution in [0.5, 0.6) is 0 Å². The first-order chi connectivity index (χ1) is 10.1. The van der Waals surface area contributed by atoms with Gasteiger partial charge in [-0.25, -0.2) is 9.69 Å². The normalized spacial score (nSPS) is 13.8. The van der Waals surface area contributed by atoms with E-state index < -0.39 is 6.03 Å². The van der Waals surface area contributed by atoms with Crippen molar-refractivity contribution in [1.29, 1.82) is 0 Å². The largest absolute Gasteiger partial charge is 0.333 e. The number of nitrogens with zero attached hydrogens (tertiary/aromatic N) is 1. The van der Waals surface area contributed by atoms with Gasteiger partial charge in [-0.05, 0) is 42.3 Å². The Morgan fingerprint density at radius 3 is 2.52 bits per heavy atom. The van der Waals surface area contributed by atoms with Gasteiger partial charge >= 0.3 is 6.03 Å². The summed E-state index contributed by atoms with van der Waals surface area (Å²) in [6.45, 7) is 0. The molecule has 0 saturated carbocycles. The van der Waals surface area contributed by atoms with E-state index in [1.54, 1.807) is 18.2 Å². The maximum atomic E-state index is 12.4. The predicted molar refractivity (Wildman–Crippen MR) is 85.4 cm³/mol. The minimum Gasteiger partial charge on any atom is -0.307 e. The summed E-state index contributed by atoms with van der Waals surface area (Å²) in [4.78, 5) is 25.7. The molecule has 1 N–H and O–H groups in total. The molecule has 2 aromatic rings. The van der Waals surface area contributed by atoms with Gasteiger partial charge in [0.2, 0.25) is 5.91 Å². The minimum atomic E-state index is -0.422. The standard InChI is InChI=1S/C16H13BrN2O2/c17-12-6-8-13(9-7-12)18-16(21)19-14-4-2-1-3-11(14)5-10-15(19)20/h1-4,6-9H,5,10H2,(H,18,21). The van der Waals surface area contributed by atoms with Gasteiger partial charge in [-0.2, -0.15) is 0 Å². The summed E-state index contributed by atoms with van der Waals surface area (Å²) in [5, 5.41) is 2.76. The summed E-state index contributed by atoms with van der Waals surface area (Å²) < 4.78 is 0.930. The number of rotatable bonds is 1. The molecule has 2 aromatic carbocycles. The molecule has 3 amide bonds. The monoisotopic (exact) mass is 344 g/mol. The number of fused-ring (bicyclic) bond motifs is 1. The number of para-hydroxylation sites is 1. The third kappa shape index (κ3) is 2.83. The van der Waals surface area contributed by atoms with Gasteiger partial charge < -0.3 is 5.32 Å². The molecule has 0 saturated heterocycles. The second-order valence-corrected chi connectivity index (χ2v) is 5.71. The molecule has 21 heavy (non-hydrogen) atoms. The maximum Gasteiger partial charge on any atom is 0.333 e. The number of hydrogen-bond acceptors (Lipinski definition) is 2. The van der Waals surface area contributed by atoms with Gasteiger partial charge in [0, 0.05) is 16.6 Å². The van der Waals surface area contributed by atoms with E-state index in [0.29, 0.717) is 24.2 Å². The van der Waals surface area contributed by atoms with Crippen molar-refractivity contribution < 1.29 is 9.59 Å². The molecule has 0 unspecified atom stereocenters. The molecule has 106 valence electrons. The average molecular weight is 345 g/mol. The van der Waals surface area contributed by atoms with Gasteiger partial charge in [-0.15, -0.1) is 0 Å². The lowest BCUT2D eigenvalue weighted by Crippen LogP contribution is -2.42. The Morgan fingerprint density at radius 2 is 1.76 bits per heavy atom. The van der Waals surface area contributed by atoms with Gasteiger partial charge in [-0.1, -0.05) is 34.1 Å². The molecule has 0 atom stereocenters. The van der Waals surface area contributed by atoms with Crippen molar-refractivity contribution in [2.45, 2.75) is 12.8 Å². The lowest BCUT2D eigenvalue weighted by molar-refractivity contribution is -0.118. The molecule has 0 spiro atoms. The first kappa shape index (κ1) is 13.8. The highest BCUT2D eigenvalue weighted by atomic mass is 79.9. The summed E-state index contributed by atoms with van der Waals surface area (Å²) in [7, 11) is 0. The van der Waals surface area contributed by atoms with Crippen LogP contribution in [0.2, 0.25) is 0 Å². The zero-order valence-electron chi connectivity index (χ0n) is 11.2. The SMILES string of the molecule is O=C1CCc2ccccc2N1C(=O)Nc1ccc(Br)cc1. The van der Waals surface area contributed by atoms with Crippen LogP contribution < -0.4 is 10.2 Å². The third-order valence-corrected chi connectivity index (χ3v) is 3.92. The number of carbonyl (C=O) groups is 2. The first-order valence-corrected chi connectivity index (χ1v) is 7.42. The fourth-order valence-corrected chi connectivity index (χ4v) is 2.63. The number of nitrogens with one attached hydrogen (secondary N) is 1. The van der Waals surface area contributed by atoms with Crippen molar-refractivity contribution >= 4 is 39.2 Å². The molecule has 5 heteroatoms. The Morgan fingerprint density at radius 1 is 1.05 bits per heavy atom. The van der Waals surface area contributed by atoms with Crippen molar-refractivity contribution in [3.05, 3.63) is 58.6 Å². The van der Waals surface area contributed by atoms with Crippen molar-refractivity contribution in [3.63, 3.8) is 0 Å². The Hall–Kier alpha value is -2.14. The Bertz CT molecular complexity index is 698. The van der Waals surface area contributed by atoms with E-state index in [-0.39, 0.29) is 5.91 Å². The maximum absolute atomic E-state index is 12.4. The summed E-state index contributed by atoms with van der Waals surface area (Å²) in [6.07, 6.45) is 1.03. The number of anilines is 2. The molecule has 0 aromatic heterocycles. The average Bonchev–Trinajstić information content (AvgIpc) is 2.49.